The molecule has 1 aliphatic rings. The summed E-state index contributed by atoms with van der Waals surface area (Å²) in [5, 5.41) is 0. The summed E-state index contributed by atoms with van der Waals surface area (Å²) < 4.78 is 5.49. The van der Waals surface area contributed by atoms with E-state index in [4.69, 9.17) is 4.74 Å². The fourth-order valence-electron chi connectivity index (χ4n) is 3.60. The molecule has 0 aliphatic carbocycles. The molecule has 1 rings (SSSR count). The van der Waals surface area contributed by atoms with E-state index in [2.05, 4.69) is 18.7 Å². The molecule has 0 saturated carbocycles. The molecule has 1 aliphatic heterocycles. The summed E-state index contributed by atoms with van der Waals surface area (Å²) in [5.41, 5.74) is 0. The average Bonchev–Trinajstić information content (AvgIpc) is 2.57. The molecule has 2 heteroatoms. The highest BCUT2D eigenvalue weighted by atomic mass is 16.5. The Morgan fingerprint density at radius 2 is 1.22 bits per heavy atom. The third-order valence-corrected chi connectivity index (χ3v) is 5.30. The smallest absolute Gasteiger partial charge is 0.0619 e. The Morgan fingerprint density at radius 1 is 0.739 bits per heavy atom. The van der Waals surface area contributed by atoms with Crippen LogP contribution in [0.3, 0.4) is 0 Å². The fraction of sp³-hybridized carbons (Fsp3) is 1.00. The minimum Gasteiger partial charge on any atom is -0.379 e. The zero-order valence-electron chi connectivity index (χ0n) is 16.2. The molecule has 138 valence electrons. The molecule has 0 amide bonds. The molecule has 1 atom stereocenters. The average molecular weight is 326 g/mol. The summed E-state index contributed by atoms with van der Waals surface area (Å²) in [7, 11) is 0. The van der Waals surface area contributed by atoms with E-state index < -0.39 is 0 Å². The second kappa shape index (κ2) is 15.4. The second-order valence-corrected chi connectivity index (χ2v) is 7.56. The van der Waals surface area contributed by atoms with Gasteiger partial charge in [-0.25, -0.2) is 0 Å². The monoisotopic (exact) mass is 325 g/mol. The maximum absolute atomic E-state index is 5.49. The number of hydrogen-bond donors (Lipinski definition) is 0. The number of nitrogens with zero attached hydrogens (tertiary/aromatic N) is 1. The third-order valence-electron chi connectivity index (χ3n) is 5.30. The number of morpholine rings is 1. The molecular formula is C21H43NO. The summed E-state index contributed by atoms with van der Waals surface area (Å²) in [6.07, 6.45) is 20.2. The van der Waals surface area contributed by atoms with E-state index in [1.54, 1.807) is 0 Å². The van der Waals surface area contributed by atoms with Crippen molar-refractivity contribution in [3.8, 4) is 0 Å². The molecule has 0 radical (unpaired) electrons. The molecule has 0 bridgehead atoms. The largest absolute Gasteiger partial charge is 0.379 e. The molecule has 0 aromatic heterocycles. The van der Waals surface area contributed by atoms with Gasteiger partial charge in [-0.2, -0.15) is 0 Å². The Morgan fingerprint density at radius 3 is 1.70 bits per heavy atom. The highest BCUT2D eigenvalue weighted by Gasteiger charge is 2.17. The van der Waals surface area contributed by atoms with E-state index in [1.165, 1.54) is 96.4 Å². The first kappa shape index (κ1) is 21.0. The number of hydrogen-bond acceptors (Lipinski definition) is 2. The fourth-order valence-corrected chi connectivity index (χ4v) is 3.60. The van der Waals surface area contributed by atoms with Crippen molar-refractivity contribution in [1.29, 1.82) is 0 Å². The van der Waals surface area contributed by atoms with E-state index in [0.717, 1.165) is 19.8 Å². The van der Waals surface area contributed by atoms with Gasteiger partial charge in [0.2, 0.25) is 0 Å². The van der Waals surface area contributed by atoms with Crippen molar-refractivity contribution in [2.45, 2.75) is 110 Å². The lowest BCUT2D eigenvalue weighted by atomic mass is 10.0. The Hall–Kier alpha value is -0.0800. The number of ether oxygens (including phenoxy) is 1. The lowest BCUT2D eigenvalue weighted by molar-refractivity contribution is -0.000919. The first-order valence-electron chi connectivity index (χ1n) is 10.7. The molecule has 23 heavy (non-hydrogen) atoms. The highest BCUT2D eigenvalue weighted by molar-refractivity contribution is 4.70. The van der Waals surface area contributed by atoms with Gasteiger partial charge in [0, 0.05) is 12.6 Å². The van der Waals surface area contributed by atoms with Gasteiger partial charge in [-0.05, 0) is 19.9 Å². The normalized spacial score (nSPS) is 19.3. The van der Waals surface area contributed by atoms with Gasteiger partial charge in [-0.3, -0.25) is 4.90 Å². The Labute approximate surface area is 146 Å². The van der Waals surface area contributed by atoms with Crippen molar-refractivity contribution >= 4 is 0 Å². The minimum absolute atomic E-state index is 0.630. The predicted molar refractivity (Wildman–Crippen MR) is 102 cm³/mol. The van der Waals surface area contributed by atoms with Gasteiger partial charge < -0.3 is 4.74 Å². The molecular weight excluding hydrogens is 282 g/mol. The van der Waals surface area contributed by atoms with Gasteiger partial charge in [0.1, 0.15) is 0 Å². The van der Waals surface area contributed by atoms with Gasteiger partial charge in [0.25, 0.3) is 0 Å². The van der Waals surface area contributed by atoms with Crippen LogP contribution < -0.4 is 0 Å². The summed E-state index contributed by atoms with van der Waals surface area (Å²) >= 11 is 0. The highest BCUT2D eigenvalue weighted by Crippen LogP contribution is 2.14. The van der Waals surface area contributed by atoms with Crippen LogP contribution in [0.1, 0.15) is 104 Å². The van der Waals surface area contributed by atoms with Gasteiger partial charge in [0.15, 0.2) is 0 Å². The number of unbranched alkanes of at least 4 members (excludes halogenated alkanes) is 13. The standard InChI is InChI=1S/C21H43NO/c1-3-4-5-6-7-8-9-10-11-12-13-14-15-16-17-22-18-19-23-20-21(22)2/h21H,3-20H2,1-2H3. The van der Waals surface area contributed by atoms with E-state index in [9.17, 15) is 0 Å². The lowest BCUT2D eigenvalue weighted by Crippen LogP contribution is -2.43. The number of rotatable bonds is 15. The van der Waals surface area contributed by atoms with Gasteiger partial charge >= 0.3 is 0 Å². The van der Waals surface area contributed by atoms with Crippen molar-refractivity contribution in [2.75, 3.05) is 26.3 Å². The lowest BCUT2D eigenvalue weighted by Gasteiger charge is -2.33. The van der Waals surface area contributed by atoms with Crippen LogP contribution in [0.5, 0.6) is 0 Å². The Bertz CT molecular complexity index is 244. The van der Waals surface area contributed by atoms with Gasteiger partial charge in [-0.1, -0.05) is 90.4 Å². The van der Waals surface area contributed by atoms with E-state index >= 15 is 0 Å². The van der Waals surface area contributed by atoms with Crippen molar-refractivity contribution < 1.29 is 4.74 Å². The van der Waals surface area contributed by atoms with Crippen LogP contribution in [-0.2, 0) is 4.74 Å². The SMILES string of the molecule is CCCCCCCCCCCCCCCCN1CCOCC1C. The molecule has 1 heterocycles. The molecule has 2 nitrogen and oxygen atoms in total. The van der Waals surface area contributed by atoms with Crippen LogP contribution in [-0.4, -0.2) is 37.2 Å². The third kappa shape index (κ3) is 12.0. The molecule has 0 aromatic carbocycles. The Kier molecular flexibility index (Phi) is 14.1. The van der Waals surface area contributed by atoms with Crippen molar-refractivity contribution in [2.24, 2.45) is 0 Å². The molecule has 0 aromatic rings. The molecule has 1 fully saturated rings. The minimum atomic E-state index is 0.630. The van der Waals surface area contributed by atoms with Crippen LogP contribution in [0.2, 0.25) is 0 Å². The summed E-state index contributed by atoms with van der Waals surface area (Å²) in [5.74, 6) is 0. The zero-order valence-corrected chi connectivity index (χ0v) is 16.2. The van der Waals surface area contributed by atoms with Crippen LogP contribution in [0.15, 0.2) is 0 Å². The molecule has 1 saturated heterocycles. The maximum Gasteiger partial charge on any atom is 0.0619 e. The van der Waals surface area contributed by atoms with Crippen molar-refractivity contribution in [3.63, 3.8) is 0 Å². The first-order chi connectivity index (χ1) is 11.3. The van der Waals surface area contributed by atoms with Crippen molar-refractivity contribution in [1.82, 2.24) is 4.90 Å². The van der Waals surface area contributed by atoms with E-state index in [0.29, 0.717) is 6.04 Å². The predicted octanol–water partition coefficient (Wildman–Crippen LogP) is 6.19. The topological polar surface area (TPSA) is 12.5 Å². The van der Waals surface area contributed by atoms with Crippen LogP contribution in [0, 0.1) is 0 Å². The van der Waals surface area contributed by atoms with Gasteiger partial charge in [0.05, 0.1) is 13.2 Å². The first-order valence-corrected chi connectivity index (χ1v) is 10.7. The summed E-state index contributed by atoms with van der Waals surface area (Å²) in [6, 6.07) is 0.630. The van der Waals surface area contributed by atoms with Crippen LogP contribution in [0.25, 0.3) is 0 Å². The van der Waals surface area contributed by atoms with Crippen LogP contribution in [0.4, 0.5) is 0 Å². The maximum atomic E-state index is 5.49. The Balaban J connectivity index is 1.73. The zero-order chi connectivity index (χ0) is 16.6. The summed E-state index contributed by atoms with van der Waals surface area (Å²) in [6.45, 7) is 8.87. The molecule has 0 N–H and O–H groups in total. The molecule has 1 unspecified atom stereocenters. The van der Waals surface area contributed by atoms with E-state index in [-0.39, 0.29) is 0 Å². The second-order valence-electron chi connectivity index (χ2n) is 7.56. The van der Waals surface area contributed by atoms with Crippen LogP contribution >= 0.6 is 0 Å². The summed E-state index contributed by atoms with van der Waals surface area (Å²) in [4.78, 5) is 2.60. The van der Waals surface area contributed by atoms with E-state index in [1.807, 2.05) is 0 Å². The van der Waals surface area contributed by atoms with Crippen molar-refractivity contribution in [3.05, 3.63) is 0 Å². The molecule has 0 spiro atoms. The van der Waals surface area contributed by atoms with Gasteiger partial charge in [-0.15, -0.1) is 0 Å². The quantitative estimate of drug-likeness (QED) is 0.333.